The summed E-state index contributed by atoms with van der Waals surface area (Å²) in [6.45, 7) is 0. The molecule has 1 fully saturated rings. The molecule has 5 heteroatoms. The van der Waals surface area contributed by atoms with E-state index in [-0.39, 0.29) is 5.56 Å². The molecule has 2 rings (SSSR count). The normalized spacial score (nSPS) is 14.2. The monoisotopic (exact) mass is 236 g/mol. The van der Waals surface area contributed by atoms with Crippen molar-refractivity contribution >= 4 is 29.0 Å². The lowest BCUT2D eigenvalue weighted by Crippen LogP contribution is -2.30. The smallest absolute Gasteiger partial charge is 0.335 e. The van der Waals surface area contributed by atoms with E-state index in [1.807, 2.05) is 0 Å². The number of hydrogen-bond donors (Lipinski definition) is 3. The van der Waals surface area contributed by atoms with Gasteiger partial charge in [-0.15, -0.1) is 0 Å². The Labute approximate surface area is 98.7 Å². The highest BCUT2D eigenvalue weighted by atomic mass is 32.1. The maximum absolute atomic E-state index is 10.8. The zero-order valence-corrected chi connectivity index (χ0v) is 9.38. The number of benzene rings is 1. The van der Waals surface area contributed by atoms with Crippen molar-refractivity contribution < 1.29 is 9.90 Å². The average Bonchev–Trinajstić information content (AvgIpc) is 3.01. The van der Waals surface area contributed by atoms with Gasteiger partial charge in [0.25, 0.3) is 0 Å². The SMILES string of the molecule is O=C(O)c1cccc(NC(=S)NC2CC2)c1. The van der Waals surface area contributed by atoms with E-state index >= 15 is 0 Å². The van der Waals surface area contributed by atoms with E-state index in [0.717, 1.165) is 12.8 Å². The fraction of sp³-hybridized carbons (Fsp3) is 0.273. The minimum atomic E-state index is -0.940. The van der Waals surface area contributed by atoms with Gasteiger partial charge in [-0.3, -0.25) is 0 Å². The Morgan fingerprint density at radius 2 is 2.19 bits per heavy atom. The highest BCUT2D eigenvalue weighted by molar-refractivity contribution is 7.80. The van der Waals surface area contributed by atoms with Gasteiger partial charge in [0.1, 0.15) is 0 Å². The number of carbonyl (C=O) groups is 1. The fourth-order valence-electron chi connectivity index (χ4n) is 1.31. The van der Waals surface area contributed by atoms with Gasteiger partial charge in [-0.1, -0.05) is 6.07 Å². The van der Waals surface area contributed by atoms with E-state index in [1.165, 1.54) is 0 Å². The number of rotatable bonds is 3. The Kier molecular flexibility index (Phi) is 3.05. The maximum atomic E-state index is 10.8. The van der Waals surface area contributed by atoms with Crippen molar-refractivity contribution in [3.8, 4) is 0 Å². The zero-order chi connectivity index (χ0) is 11.5. The zero-order valence-electron chi connectivity index (χ0n) is 8.56. The number of carboxylic acid groups (broad SMARTS) is 1. The molecule has 0 heterocycles. The van der Waals surface area contributed by atoms with Gasteiger partial charge in [0, 0.05) is 11.7 Å². The number of carboxylic acids is 1. The van der Waals surface area contributed by atoms with E-state index in [2.05, 4.69) is 10.6 Å². The van der Waals surface area contributed by atoms with Crippen LogP contribution < -0.4 is 10.6 Å². The lowest BCUT2D eigenvalue weighted by Gasteiger charge is -2.09. The minimum absolute atomic E-state index is 0.249. The molecular formula is C11H12N2O2S. The summed E-state index contributed by atoms with van der Waals surface area (Å²) in [5.74, 6) is -0.940. The first-order valence-corrected chi connectivity index (χ1v) is 5.47. The van der Waals surface area contributed by atoms with Crippen molar-refractivity contribution in [1.82, 2.24) is 5.32 Å². The Balaban J connectivity index is 1.99. The van der Waals surface area contributed by atoms with Crippen LogP contribution in [0.3, 0.4) is 0 Å². The molecule has 0 aliphatic heterocycles. The van der Waals surface area contributed by atoms with Crippen molar-refractivity contribution in [2.45, 2.75) is 18.9 Å². The van der Waals surface area contributed by atoms with Crippen LogP contribution >= 0.6 is 12.2 Å². The molecule has 0 saturated heterocycles. The Morgan fingerprint density at radius 3 is 2.81 bits per heavy atom. The lowest BCUT2D eigenvalue weighted by atomic mass is 10.2. The van der Waals surface area contributed by atoms with Gasteiger partial charge >= 0.3 is 5.97 Å². The number of anilines is 1. The van der Waals surface area contributed by atoms with Crippen molar-refractivity contribution in [3.05, 3.63) is 29.8 Å². The molecule has 0 unspecified atom stereocenters. The van der Waals surface area contributed by atoms with E-state index in [0.29, 0.717) is 16.8 Å². The first-order valence-electron chi connectivity index (χ1n) is 5.06. The van der Waals surface area contributed by atoms with Crippen molar-refractivity contribution in [2.75, 3.05) is 5.32 Å². The molecule has 0 aromatic heterocycles. The van der Waals surface area contributed by atoms with Crippen LogP contribution in [-0.2, 0) is 0 Å². The van der Waals surface area contributed by atoms with Crippen molar-refractivity contribution in [3.63, 3.8) is 0 Å². The summed E-state index contributed by atoms with van der Waals surface area (Å²) in [7, 11) is 0. The number of nitrogens with one attached hydrogen (secondary N) is 2. The van der Waals surface area contributed by atoms with Crippen molar-refractivity contribution in [1.29, 1.82) is 0 Å². The molecule has 0 spiro atoms. The first-order chi connectivity index (χ1) is 7.65. The van der Waals surface area contributed by atoms with Crippen LogP contribution in [0.25, 0.3) is 0 Å². The van der Waals surface area contributed by atoms with Gasteiger partial charge in [-0.2, -0.15) is 0 Å². The summed E-state index contributed by atoms with van der Waals surface area (Å²) < 4.78 is 0. The quantitative estimate of drug-likeness (QED) is 0.699. The summed E-state index contributed by atoms with van der Waals surface area (Å²) in [6.07, 6.45) is 2.30. The van der Waals surface area contributed by atoms with Crippen LogP contribution in [-0.4, -0.2) is 22.2 Å². The molecule has 0 atom stereocenters. The topological polar surface area (TPSA) is 61.4 Å². The molecule has 1 saturated carbocycles. The molecule has 1 aliphatic carbocycles. The molecule has 1 aromatic carbocycles. The van der Waals surface area contributed by atoms with Gasteiger partial charge in [-0.25, -0.2) is 4.79 Å². The fourth-order valence-corrected chi connectivity index (χ4v) is 1.59. The summed E-state index contributed by atoms with van der Waals surface area (Å²) >= 11 is 5.09. The van der Waals surface area contributed by atoms with Crippen LogP contribution in [0.2, 0.25) is 0 Å². The molecule has 1 aromatic rings. The second-order valence-electron chi connectivity index (χ2n) is 3.76. The highest BCUT2D eigenvalue weighted by Crippen LogP contribution is 2.19. The first kappa shape index (κ1) is 10.9. The highest BCUT2D eigenvalue weighted by Gasteiger charge is 2.21. The Morgan fingerprint density at radius 1 is 1.44 bits per heavy atom. The Hall–Kier alpha value is -1.62. The summed E-state index contributed by atoms with van der Waals surface area (Å²) in [6, 6.07) is 7.06. The second kappa shape index (κ2) is 4.49. The van der Waals surface area contributed by atoms with Crippen LogP contribution in [0, 0.1) is 0 Å². The van der Waals surface area contributed by atoms with Crippen molar-refractivity contribution in [2.24, 2.45) is 0 Å². The third-order valence-corrected chi connectivity index (χ3v) is 2.50. The summed E-state index contributed by atoms with van der Waals surface area (Å²) in [5.41, 5.74) is 0.942. The molecule has 0 amide bonds. The minimum Gasteiger partial charge on any atom is -0.478 e. The third-order valence-electron chi connectivity index (χ3n) is 2.28. The standard InChI is InChI=1S/C11H12N2O2S/c14-10(15)7-2-1-3-9(6-7)13-11(16)12-8-4-5-8/h1-3,6,8H,4-5H2,(H,14,15)(H2,12,13,16). The van der Waals surface area contributed by atoms with E-state index < -0.39 is 5.97 Å². The molecule has 3 N–H and O–H groups in total. The summed E-state index contributed by atoms with van der Waals surface area (Å²) in [4.78, 5) is 10.8. The molecular weight excluding hydrogens is 224 g/mol. The predicted molar refractivity (Wildman–Crippen MR) is 65.8 cm³/mol. The predicted octanol–water partition coefficient (Wildman–Crippen LogP) is 1.83. The van der Waals surface area contributed by atoms with E-state index in [9.17, 15) is 4.79 Å². The largest absolute Gasteiger partial charge is 0.478 e. The molecule has 16 heavy (non-hydrogen) atoms. The number of thiocarbonyl (C=S) groups is 1. The lowest BCUT2D eigenvalue weighted by molar-refractivity contribution is 0.0697. The van der Waals surface area contributed by atoms with Gasteiger partial charge in [0.05, 0.1) is 5.56 Å². The van der Waals surface area contributed by atoms with Gasteiger partial charge < -0.3 is 15.7 Å². The Bertz CT molecular complexity index is 430. The molecule has 4 nitrogen and oxygen atoms in total. The van der Waals surface area contributed by atoms with Crippen LogP contribution in [0.4, 0.5) is 5.69 Å². The van der Waals surface area contributed by atoms with Crippen LogP contribution in [0.1, 0.15) is 23.2 Å². The maximum Gasteiger partial charge on any atom is 0.335 e. The third kappa shape index (κ3) is 2.93. The molecule has 1 aliphatic rings. The number of hydrogen-bond acceptors (Lipinski definition) is 2. The van der Waals surface area contributed by atoms with Crippen LogP contribution in [0.5, 0.6) is 0 Å². The average molecular weight is 236 g/mol. The molecule has 0 bridgehead atoms. The van der Waals surface area contributed by atoms with Crippen LogP contribution in [0.15, 0.2) is 24.3 Å². The second-order valence-corrected chi connectivity index (χ2v) is 4.17. The molecule has 84 valence electrons. The summed E-state index contributed by atoms with van der Waals surface area (Å²) in [5, 5.41) is 15.5. The van der Waals surface area contributed by atoms with Gasteiger partial charge in [0.2, 0.25) is 0 Å². The van der Waals surface area contributed by atoms with E-state index in [4.69, 9.17) is 17.3 Å². The molecule has 0 radical (unpaired) electrons. The number of aromatic carboxylic acids is 1. The van der Waals surface area contributed by atoms with Gasteiger partial charge in [-0.05, 0) is 43.3 Å². The van der Waals surface area contributed by atoms with E-state index in [1.54, 1.807) is 24.3 Å². The van der Waals surface area contributed by atoms with Gasteiger partial charge in [0.15, 0.2) is 5.11 Å².